The fourth-order valence-corrected chi connectivity index (χ4v) is 2.19. The van der Waals surface area contributed by atoms with Gasteiger partial charge in [0, 0.05) is 18.2 Å². The molecule has 0 saturated carbocycles. The number of ether oxygens (including phenoxy) is 2. The molecule has 1 atom stereocenters. The lowest BCUT2D eigenvalue weighted by Crippen LogP contribution is -2.31. The van der Waals surface area contributed by atoms with Gasteiger partial charge in [-0.15, -0.1) is 0 Å². The third-order valence-electron chi connectivity index (χ3n) is 3.17. The topological polar surface area (TPSA) is 116 Å². The molecule has 7 heteroatoms. The molecule has 3 rings (SSSR count). The van der Waals surface area contributed by atoms with E-state index in [1.165, 1.54) is 24.3 Å². The van der Waals surface area contributed by atoms with E-state index in [1.807, 2.05) is 0 Å². The molecule has 2 aromatic carbocycles. The summed E-state index contributed by atoms with van der Waals surface area (Å²) < 4.78 is 10.9. The number of carbonyl (C=O) groups excluding carboxylic acids is 1. The van der Waals surface area contributed by atoms with E-state index in [-0.39, 0.29) is 46.5 Å². The number of Topliss-reactive ketones (excluding diaryl/α,β-unsaturated/α-hetero) is 1. The Morgan fingerprint density at radius 2 is 1.77 bits per heavy atom. The zero-order valence-electron chi connectivity index (χ0n) is 11.2. The van der Waals surface area contributed by atoms with E-state index >= 15 is 0 Å². The number of benzene rings is 2. The lowest BCUT2D eigenvalue weighted by molar-refractivity contribution is -0.00518. The highest BCUT2D eigenvalue weighted by Crippen LogP contribution is 2.38. The second-order valence-electron chi connectivity index (χ2n) is 4.78. The number of carbonyl (C=O) groups is 1. The monoisotopic (exact) mass is 304 g/mol. The number of hydrogen-bond acceptors (Lipinski definition) is 7. The summed E-state index contributed by atoms with van der Waals surface area (Å²) in [5.74, 6) is -1.45. The molecule has 0 aromatic heterocycles. The average Bonchev–Trinajstić information content (AvgIpc) is 2.41. The van der Waals surface area contributed by atoms with E-state index in [0.717, 1.165) is 6.07 Å². The molecule has 0 spiro atoms. The Kier molecular flexibility index (Phi) is 3.17. The van der Waals surface area contributed by atoms with Gasteiger partial charge < -0.3 is 29.9 Å². The Balaban J connectivity index is 1.86. The molecule has 0 saturated heterocycles. The number of phenolic OH excluding ortho intramolecular Hbond substituents is 4. The molecular formula is C15H12O7. The summed E-state index contributed by atoms with van der Waals surface area (Å²) in [6.07, 6.45) is -1.13. The molecule has 0 amide bonds. The Morgan fingerprint density at radius 3 is 2.50 bits per heavy atom. The van der Waals surface area contributed by atoms with Crippen LogP contribution < -0.4 is 9.47 Å². The first-order chi connectivity index (χ1) is 10.4. The van der Waals surface area contributed by atoms with Crippen molar-refractivity contribution in [3.05, 3.63) is 35.9 Å². The summed E-state index contributed by atoms with van der Waals surface area (Å²) in [6, 6.07) is 6.08. The highest BCUT2D eigenvalue weighted by Gasteiger charge is 2.31. The molecule has 0 fully saturated rings. The van der Waals surface area contributed by atoms with Crippen molar-refractivity contribution >= 4 is 5.78 Å². The lowest BCUT2D eigenvalue weighted by Gasteiger charge is -2.26. The van der Waals surface area contributed by atoms with Gasteiger partial charge in [-0.3, -0.25) is 4.79 Å². The van der Waals surface area contributed by atoms with Crippen LogP contribution in [0.1, 0.15) is 16.8 Å². The molecule has 0 aliphatic carbocycles. The van der Waals surface area contributed by atoms with E-state index in [1.54, 1.807) is 0 Å². The molecule has 7 nitrogen and oxygen atoms in total. The second kappa shape index (κ2) is 5.03. The first-order valence-electron chi connectivity index (χ1n) is 6.38. The molecule has 1 heterocycles. The van der Waals surface area contributed by atoms with Gasteiger partial charge >= 0.3 is 0 Å². The first-order valence-corrected chi connectivity index (χ1v) is 6.38. The van der Waals surface area contributed by atoms with Gasteiger partial charge in [-0.05, 0) is 12.1 Å². The summed E-state index contributed by atoms with van der Waals surface area (Å²) >= 11 is 0. The minimum atomic E-state index is -0.981. The van der Waals surface area contributed by atoms with Crippen molar-refractivity contribution in [2.75, 3.05) is 0 Å². The molecule has 1 aliphatic heterocycles. The van der Waals surface area contributed by atoms with Crippen LogP contribution in [0.2, 0.25) is 0 Å². The second-order valence-corrected chi connectivity index (χ2v) is 4.78. The van der Waals surface area contributed by atoms with E-state index in [2.05, 4.69) is 0 Å². The van der Waals surface area contributed by atoms with Crippen molar-refractivity contribution in [1.82, 2.24) is 0 Å². The van der Waals surface area contributed by atoms with Crippen molar-refractivity contribution in [2.45, 2.75) is 12.7 Å². The van der Waals surface area contributed by atoms with Gasteiger partial charge in [-0.25, -0.2) is 0 Å². The minimum Gasteiger partial charge on any atom is -0.508 e. The van der Waals surface area contributed by atoms with E-state index < -0.39 is 12.1 Å². The van der Waals surface area contributed by atoms with Crippen LogP contribution in [0.4, 0.5) is 0 Å². The van der Waals surface area contributed by atoms with Crippen LogP contribution >= 0.6 is 0 Å². The van der Waals surface area contributed by atoms with Crippen LogP contribution in [0.3, 0.4) is 0 Å². The fourth-order valence-electron chi connectivity index (χ4n) is 2.19. The Bertz CT molecular complexity index is 754. The number of rotatable bonds is 2. The highest BCUT2D eigenvalue weighted by atomic mass is 16.7. The van der Waals surface area contributed by atoms with Gasteiger partial charge in [0.1, 0.15) is 28.6 Å². The molecule has 0 radical (unpaired) electrons. The Morgan fingerprint density at radius 1 is 1.00 bits per heavy atom. The van der Waals surface area contributed by atoms with Crippen molar-refractivity contribution < 1.29 is 34.7 Å². The van der Waals surface area contributed by atoms with Crippen LogP contribution in [0, 0.1) is 0 Å². The maximum atomic E-state index is 12.0. The van der Waals surface area contributed by atoms with Crippen molar-refractivity contribution in [1.29, 1.82) is 0 Å². The average molecular weight is 304 g/mol. The van der Waals surface area contributed by atoms with Crippen molar-refractivity contribution in [2.24, 2.45) is 0 Å². The molecule has 114 valence electrons. The van der Waals surface area contributed by atoms with Crippen LogP contribution in [-0.4, -0.2) is 32.5 Å². The van der Waals surface area contributed by atoms with E-state index in [4.69, 9.17) is 9.47 Å². The van der Waals surface area contributed by atoms with Gasteiger partial charge in [0.2, 0.25) is 6.29 Å². The standard InChI is InChI=1S/C15H12O7/c16-7-3-11(19)15-12(20)6-14(22-13(15)4-7)21-8-1-2-9(17)10(18)5-8/h1-5,14,16-19H,6H2. The smallest absolute Gasteiger partial charge is 0.248 e. The van der Waals surface area contributed by atoms with Gasteiger partial charge in [0.05, 0.1) is 6.42 Å². The van der Waals surface area contributed by atoms with Crippen LogP contribution in [0.5, 0.6) is 34.5 Å². The van der Waals surface area contributed by atoms with Gasteiger partial charge in [-0.2, -0.15) is 0 Å². The SMILES string of the molecule is O=C1CC(Oc2ccc(O)c(O)c2)Oc2cc(O)cc(O)c21. The normalized spacial score (nSPS) is 16.7. The lowest BCUT2D eigenvalue weighted by atomic mass is 10.0. The summed E-state index contributed by atoms with van der Waals surface area (Å²) in [4.78, 5) is 12.0. The van der Waals surface area contributed by atoms with Gasteiger partial charge in [0.15, 0.2) is 17.3 Å². The third kappa shape index (κ3) is 2.44. The van der Waals surface area contributed by atoms with Gasteiger partial charge in [-0.1, -0.05) is 0 Å². The van der Waals surface area contributed by atoms with Crippen molar-refractivity contribution in [3.8, 4) is 34.5 Å². The minimum absolute atomic E-state index is 0.00815. The maximum absolute atomic E-state index is 12.0. The molecular weight excluding hydrogens is 292 g/mol. The van der Waals surface area contributed by atoms with E-state index in [9.17, 15) is 25.2 Å². The number of ketones is 1. The van der Waals surface area contributed by atoms with Gasteiger partial charge in [0.25, 0.3) is 0 Å². The van der Waals surface area contributed by atoms with Crippen LogP contribution in [0.15, 0.2) is 30.3 Å². The number of aromatic hydroxyl groups is 4. The van der Waals surface area contributed by atoms with Crippen molar-refractivity contribution in [3.63, 3.8) is 0 Å². The summed E-state index contributed by atoms with van der Waals surface area (Å²) in [6.45, 7) is 0. The predicted molar refractivity (Wildman–Crippen MR) is 73.5 cm³/mol. The zero-order valence-corrected chi connectivity index (χ0v) is 11.2. The maximum Gasteiger partial charge on any atom is 0.248 e. The summed E-state index contributed by atoms with van der Waals surface area (Å²) in [7, 11) is 0. The molecule has 4 N–H and O–H groups in total. The van der Waals surface area contributed by atoms with E-state index in [0.29, 0.717) is 0 Å². The largest absolute Gasteiger partial charge is 0.508 e. The highest BCUT2D eigenvalue weighted by molar-refractivity contribution is 6.02. The molecule has 2 aromatic rings. The number of fused-ring (bicyclic) bond motifs is 1. The molecule has 22 heavy (non-hydrogen) atoms. The van der Waals surface area contributed by atoms with Crippen LogP contribution in [0.25, 0.3) is 0 Å². The molecule has 1 aliphatic rings. The van der Waals surface area contributed by atoms with Crippen LogP contribution in [-0.2, 0) is 0 Å². The Labute approximate surface area is 124 Å². The first kappa shape index (κ1) is 13.9. The number of hydrogen-bond donors (Lipinski definition) is 4. The fraction of sp³-hybridized carbons (Fsp3) is 0.133. The quantitative estimate of drug-likeness (QED) is 0.626. The Hall–Kier alpha value is -3.09. The summed E-state index contributed by atoms with van der Waals surface area (Å²) in [5, 5.41) is 37.8. The molecule has 0 bridgehead atoms. The zero-order chi connectivity index (χ0) is 15.9. The number of phenols is 4. The summed E-state index contributed by atoms with van der Waals surface area (Å²) in [5.41, 5.74) is -0.00815. The predicted octanol–water partition coefficient (Wildman–Crippen LogP) is 1.88. The third-order valence-corrected chi connectivity index (χ3v) is 3.17. The molecule has 1 unspecified atom stereocenters.